The Hall–Kier alpha value is -4.77. The van der Waals surface area contributed by atoms with E-state index >= 15 is 0 Å². The maximum atomic E-state index is 6.35. The summed E-state index contributed by atoms with van der Waals surface area (Å²) in [7, 11) is 0. The van der Waals surface area contributed by atoms with Gasteiger partial charge >= 0.3 is 0 Å². The molecule has 0 aliphatic carbocycles. The average Bonchev–Trinajstić information content (AvgIpc) is 3.73. The van der Waals surface area contributed by atoms with Crippen molar-refractivity contribution in [3.63, 3.8) is 0 Å². The monoisotopic (exact) mass is 674 g/mol. The van der Waals surface area contributed by atoms with Crippen LogP contribution >= 0.6 is 11.6 Å². The summed E-state index contributed by atoms with van der Waals surface area (Å²) < 4.78 is 2.09. The van der Waals surface area contributed by atoms with E-state index in [1.165, 1.54) is 31.2 Å². The molecule has 11 heteroatoms. The number of aromatic nitrogens is 4. The number of piperidine rings is 1. The highest BCUT2D eigenvalue weighted by Gasteiger charge is 2.40. The fourth-order valence-electron chi connectivity index (χ4n) is 6.80. The zero-order valence-corrected chi connectivity index (χ0v) is 29.0. The van der Waals surface area contributed by atoms with Crippen LogP contribution in [0.25, 0.3) is 39.5 Å². The minimum atomic E-state index is 0.214. The van der Waals surface area contributed by atoms with Gasteiger partial charge in [0.05, 0.1) is 17.9 Å². The van der Waals surface area contributed by atoms with Gasteiger partial charge in [-0.25, -0.2) is 24.9 Å². The Morgan fingerprint density at radius 2 is 1.65 bits per heavy atom. The maximum absolute atomic E-state index is 6.35. The lowest BCUT2D eigenvalue weighted by Gasteiger charge is -2.39. The Balaban J connectivity index is 0.00000205. The van der Waals surface area contributed by atoms with Gasteiger partial charge in [0.25, 0.3) is 0 Å². The van der Waals surface area contributed by atoms with E-state index in [-0.39, 0.29) is 5.29 Å². The third kappa shape index (κ3) is 7.77. The summed E-state index contributed by atoms with van der Waals surface area (Å²) >= 11 is 6.06. The number of nitrogens with zero attached hydrogens (tertiary/aromatic N) is 9. The first-order valence-corrected chi connectivity index (χ1v) is 17.3. The molecular weight excluding hydrogens is 632 g/mol. The summed E-state index contributed by atoms with van der Waals surface area (Å²) in [6.45, 7) is 13.1. The Morgan fingerprint density at radius 3 is 2.37 bits per heavy atom. The molecule has 2 aliphatic heterocycles. The molecule has 1 spiro atoms. The molecule has 0 unspecified atom stereocenters. The number of aliphatic imine (C=N–C) groups is 3. The number of pyridine rings is 2. The topological polar surface area (TPSA) is 113 Å². The molecule has 3 aromatic heterocycles. The van der Waals surface area contributed by atoms with E-state index in [0.29, 0.717) is 17.9 Å². The van der Waals surface area contributed by atoms with Crippen molar-refractivity contribution in [2.24, 2.45) is 20.4 Å². The molecule has 7 rings (SSSR count). The van der Waals surface area contributed by atoms with Crippen LogP contribution in [0.1, 0.15) is 38.7 Å². The number of benzene rings is 2. The third-order valence-electron chi connectivity index (χ3n) is 9.34. The number of nitrogens with two attached hydrogens (primary N) is 1. The Morgan fingerprint density at radius 1 is 0.918 bits per heavy atom. The summed E-state index contributed by atoms with van der Waals surface area (Å²) in [5.41, 5.74) is 13.3. The van der Waals surface area contributed by atoms with Crippen molar-refractivity contribution in [1.29, 1.82) is 0 Å². The zero-order chi connectivity index (χ0) is 34.2. The van der Waals surface area contributed by atoms with Gasteiger partial charge < -0.3 is 5.73 Å². The van der Waals surface area contributed by atoms with Gasteiger partial charge in [-0.05, 0) is 98.0 Å². The van der Waals surface area contributed by atoms with Gasteiger partial charge in [0.15, 0.2) is 11.5 Å². The van der Waals surface area contributed by atoms with Crippen molar-refractivity contribution in [1.82, 2.24) is 29.3 Å². The smallest absolute Gasteiger partial charge is 0.220 e. The molecule has 0 atom stereocenters. The largest absolute Gasteiger partial charge is 0.383 e. The molecule has 2 fully saturated rings. The predicted molar refractivity (Wildman–Crippen MR) is 203 cm³/mol. The summed E-state index contributed by atoms with van der Waals surface area (Å²) in [6.07, 6.45) is 6.58. The Labute approximate surface area is 293 Å². The Bertz CT molecular complexity index is 1930. The molecule has 2 aromatic carbocycles. The van der Waals surface area contributed by atoms with Crippen LogP contribution < -0.4 is 5.73 Å². The molecule has 0 amide bonds. The SMILES string of the molecule is C=N/C=N\C(Cl)=N/CN1CCC2(CCN(Cc3ccc(-n4c(-c5cccnc5N)nc5ccc(-c6ccccc6)nc54)cc3)CC2)C1.CC. The van der Waals surface area contributed by atoms with E-state index in [1.54, 1.807) is 6.20 Å². The van der Waals surface area contributed by atoms with Crippen molar-refractivity contribution >= 4 is 46.9 Å². The van der Waals surface area contributed by atoms with E-state index in [2.05, 4.69) is 77.4 Å². The Kier molecular flexibility index (Phi) is 10.9. The summed E-state index contributed by atoms with van der Waals surface area (Å²) in [5.74, 6) is 1.15. The van der Waals surface area contributed by atoms with Crippen LogP contribution in [-0.4, -0.2) is 80.5 Å². The second kappa shape index (κ2) is 15.6. The number of rotatable bonds is 8. The zero-order valence-electron chi connectivity index (χ0n) is 28.2. The number of hydrogen-bond acceptors (Lipinski definition) is 7. The number of imidazole rings is 1. The minimum absolute atomic E-state index is 0.214. The highest BCUT2D eigenvalue weighted by molar-refractivity contribution is 6.65. The first-order chi connectivity index (χ1) is 24.0. The van der Waals surface area contributed by atoms with Crippen molar-refractivity contribution in [3.05, 3.63) is 90.6 Å². The van der Waals surface area contributed by atoms with Gasteiger partial charge in [0, 0.05) is 37.1 Å². The van der Waals surface area contributed by atoms with E-state index in [9.17, 15) is 0 Å². The van der Waals surface area contributed by atoms with Gasteiger partial charge in [-0.1, -0.05) is 56.3 Å². The number of anilines is 1. The van der Waals surface area contributed by atoms with Crippen molar-refractivity contribution in [2.75, 3.05) is 38.6 Å². The molecule has 0 saturated carbocycles. The first kappa shape index (κ1) is 34.1. The molecule has 0 radical (unpaired) electrons. The lowest BCUT2D eigenvalue weighted by molar-refractivity contribution is 0.103. The number of nitrogen functional groups attached to an aromatic ring is 1. The molecule has 5 heterocycles. The number of hydrogen-bond donors (Lipinski definition) is 1. The molecular formula is C38H43ClN10. The first-order valence-electron chi connectivity index (χ1n) is 16.9. The molecule has 2 saturated heterocycles. The van der Waals surface area contributed by atoms with Crippen LogP contribution in [0.5, 0.6) is 0 Å². The van der Waals surface area contributed by atoms with E-state index in [0.717, 1.165) is 72.2 Å². The lowest BCUT2D eigenvalue weighted by atomic mass is 9.77. The van der Waals surface area contributed by atoms with Crippen LogP contribution in [-0.2, 0) is 6.54 Å². The molecule has 252 valence electrons. The van der Waals surface area contributed by atoms with E-state index in [1.807, 2.05) is 56.3 Å². The van der Waals surface area contributed by atoms with Crippen molar-refractivity contribution < 1.29 is 0 Å². The lowest BCUT2D eigenvalue weighted by Crippen LogP contribution is -2.41. The number of fused-ring (bicyclic) bond motifs is 1. The average molecular weight is 675 g/mol. The maximum Gasteiger partial charge on any atom is 0.220 e. The normalized spacial score (nSPS) is 16.7. The molecule has 10 nitrogen and oxygen atoms in total. The molecule has 5 aromatic rings. The quantitative estimate of drug-likeness (QED) is 0.105. The highest BCUT2D eigenvalue weighted by atomic mass is 35.5. The molecule has 2 aliphatic rings. The second-order valence-electron chi connectivity index (χ2n) is 12.4. The van der Waals surface area contributed by atoms with E-state index < -0.39 is 0 Å². The van der Waals surface area contributed by atoms with E-state index in [4.69, 9.17) is 27.3 Å². The van der Waals surface area contributed by atoms with Crippen LogP contribution in [0.15, 0.2) is 100 Å². The van der Waals surface area contributed by atoms with Gasteiger partial charge in [-0.2, -0.15) is 0 Å². The fraction of sp³-hybridized carbons (Fsp3) is 0.316. The predicted octanol–water partition coefficient (Wildman–Crippen LogP) is 7.33. The third-order valence-corrected chi connectivity index (χ3v) is 9.55. The summed E-state index contributed by atoms with van der Waals surface area (Å²) in [4.78, 5) is 31.2. The van der Waals surface area contributed by atoms with Crippen molar-refractivity contribution in [2.45, 2.75) is 39.7 Å². The number of halogens is 1. The van der Waals surface area contributed by atoms with Crippen LogP contribution in [0, 0.1) is 5.41 Å². The van der Waals surface area contributed by atoms with Crippen LogP contribution in [0.3, 0.4) is 0 Å². The molecule has 2 N–H and O–H groups in total. The summed E-state index contributed by atoms with van der Waals surface area (Å²) in [6, 6.07) is 26.8. The molecule has 0 bridgehead atoms. The van der Waals surface area contributed by atoms with Gasteiger partial charge in [-0.3, -0.25) is 19.4 Å². The summed E-state index contributed by atoms with van der Waals surface area (Å²) in [5, 5.41) is 0.214. The number of amidine groups is 1. The van der Waals surface area contributed by atoms with Crippen molar-refractivity contribution in [3.8, 4) is 28.3 Å². The van der Waals surface area contributed by atoms with Crippen LogP contribution in [0.2, 0.25) is 0 Å². The van der Waals surface area contributed by atoms with Gasteiger partial charge in [-0.15, -0.1) is 0 Å². The highest BCUT2D eigenvalue weighted by Crippen LogP contribution is 2.40. The van der Waals surface area contributed by atoms with Gasteiger partial charge in [0.2, 0.25) is 5.29 Å². The number of likely N-dealkylation sites (tertiary alicyclic amines) is 2. The standard InChI is InChI=1S/C36H37ClN10.C2H6/c1-39-24-41-35(37)42-25-46-21-17-36(23-46)15-19-45(20-16-36)22-26-9-11-28(12-10-26)47-33(29-8-5-18-40-32(29)38)44-31-14-13-30(43-34(31)47)27-6-3-2-4-7-27;1-2/h2-14,18,24H,1,15-17,19-23,25H2,(H2,38,40);1-2H3/b41-24-,42-35-;. The van der Waals surface area contributed by atoms with Crippen LogP contribution in [0.4, 0.5) is 5.82 Å². The molecule has 49 heavy (non-hydrogen) atoms. The minimum Gasteiger partial charge on any atom is -0.383 e. The second-order valence-corrected chi connectivity index (χ2v) is 12.7. The fourth-order valence-corrected chi connectivity index (χ4v) is 6.89. The van der Waals surface area contributed by atoms with Gasteiger partial charge in [0.1, 0.15) is 17.7 Å².